The second-order valence-corrected chi connectivity index (χ2v) is 4.65. The van der Waals surface area contributed by atoms with Crippen LogP contribution in [0.2, 0.25) is 0 Å². The Balaban J connectivity index is 2.40. The van der Waals surface area contributed by atoms with Gasteiger partial charge < -0.3 is 9.67 Å². The third kappa shape index (κ3) is 2.35. The van der Waals surface area contributed by atoms with Gasteiger partial charge in [0.2, 0.25) is 0 Å². The third-order valence-electron chi connectivity index (χ3n) is 2.43. The van der Waals surface area contributed by atoms with Gasteiger partial charge in [0.15, 0.2) is 5.16 Å². The molecule has 2 rings (SSSR count). The summed E-state index contributed by atoms with van der Waals surface area (Å²) in [7, 11) is 1.78. The molecule has 0 amide bonds. The first-order valence-electron chi connectivity index (χ1n) is 5.05. The predicted octanol–water partition coefficient (Wildman–Crippen LogP) is 2.11. The SMILES string of the molecule is Cc1nnc(Sc2ccc(F)cc2C(=O)O)n1C. The Bertz CT molecular complexity index is 612. The largest absolute Gasteiger partial charge is 0.478 e. The van der Waals surface area contributed by atoms with Crippen molar-refractivity contribution in [3.63, 3.8) is 0 Å². The zero-order valence-corrected chi connectivity index (χ0v) is 10.5. The third-order valence-corrected chi connectivity index (χ3v) is 3.54. The molecule has 0 unspecified atom stereocenters. The van der Waals surface area contributed by atoms with Crippen molar-refractivity contribution in [3.8, 4) is 0 Å². The van der Waals surface area contributed by atoms with E-state index in [-0.39, 0.29) is 5.56 Å². The summed E-state index contributed by atoms with van der Waals surface area (Å²) in [5, 5.41) is 17.4. The maximum Gasteiger partial charge on any atom is 0.336 e. The van der Waals surface area contributed by atoms with Crippen LogP contribution in [0.15, 0.2) is 28.3 Å². The molecule has 0 bridgehead atoms. The summed E-state index contributed by atoms with van der Waals surface area (Å²) in [5.41, 5.74) is -0.0827. The molecule has 94 valence electrons. The highest BCUT2D eigenvalue weighted by Gasteiger charge is 2.15. The molecule has 7 heteroatoms. The van der Waals surface area contributed by atoms with Crippen LogP contribution in [-0.4, -0.2) is 25.8 Å². The second-order valence-electron chi connectivity index (χ2n) is 3.64. The molecule has 0 aliphatic rings. The number of hydrogen-bond acceptors (Lipinski definition) is 4. The Morgan fingerprint density at radius 3 is 2.72 bits per heavy atom. The Labute approximate surface area is 107 Å². The Hall–Kier alpha value is -1.89. The number of benzene rings is 1. The smallest absolute Gasteiger partial charge is 0.336 e. The predicted molar refractivity (Wildman–Crippen MR) is 63.2 cm³/mol. The van der Waals surface area contributed by atoms with Crippen LogP contribution in [0.4, 0.5) is 4.39 Å². The van der Waals surface area contributed by atoms with Crippen LogP contribution >= 0.6 is 11.8 Å². The molecule has 1 N–H and O–H groups in total. The highest BCUT2D eigenvalue weighted by Crippen LogP contribution is 2.29. The highest BCUT2D eigenvalue weighted by molar-refractivity contribution is 7.99. The van der Waals surface area contributed by atoms with Gasteiger partial charge in [0.25, 0.3) is 0 Å². The molecule has 1 aromatic heterocycles. The second kappa shape index (κ2) is 4.77. The van der Waals surface area contributed by atoms with Crippen LogP contribution in [0.5, 0.6) is 0 Å². The number of carboxylic acids is 1. The molecule has 0 spiro atoms. The number of carbonyl (C=O) groups is 1. The van der Waals surface area contributed by atoms with E-state index < -0.39 is 11.8 Å². The number of halogens is 1. The summed E-state index contributed by atoms with van der Waals surface area (Å²) in [4.78, 5) is 11.5. The van der Waals surface area contributed by atoms with Crippen molar-refractivity contribution < 1.29 is 14.3 Å². The minimum Gasteiger partial charge on any atom is -0.478 e. The molecular weight excluding hydrogens is 257 g/mol. The summed E-state index contributed by atoms with van der Waals surface area (Å²) in [6.45, 7) is 1.79. The van der Waals surface area contributed by atoms with E-state index in [2.05, 4.69) is 10.2 Å². The molecule has 0 saturated heterocycles. The zero-order chi connectivity index (χ0) is 13.3. The Morgan fingerprint density at radius 2 is 2.17 bits per heavy atom. The maximum absolute atomic E-state index is 13.0. The van der Waals surface area contributed by atoms with Crippen molar-refractivity contribution in [1.29, 1.82) is 0 Å². The average molecular weight is 267 g/mol. The van der Waals surface area contributed by atoms with Crippen molar-refractivity contribution >= 4 is 17.7 Å². The van der Waals surface area contributed by atoms with E-state index in [4.69, 9.17) is 5.11 Å². The molecule has 1 aromatic carbocycles. The van der Waals surface area contributed by atoms with Gasteiger partial charge in [-0.05, 0) is 36.9 Å². The highest BCUT2D eigenvalue weighted by atomic mass is 32.2. The molecule has 0 aliphatic heterocycles. The summed E-state index contributed by atoms with van der Waals surface area (Å²) in [5.74, 6) is -1.03. The summed E-state index contributed by atoms with van der Waals surface area (Å²) in [6.07, 6.45) is 0. The number of rotatable bonds is 3. The van der Waals surface area contributed by atoms with Crippen LogP contribution in [0.1, 0.15) is 16.2 Å². The van der Waals surface area contributed by atoms with E-state index in [1.54, 1.807) is 18.5 Å². The number of carboxylic acid groups (broad SMARTS) is 1. The summed E-state index contributed by atoms with van der Waals surface area (Å²) >= 11 is 1.14. The minimum atomic E-state index is -1.17. The van der Waals surface area contributed by atoms with Gasteiger partial charge in [-0.25, -0.2) is 9.18 Å². The lowest BCUT2D eigenvalue weighted by Gasteiger charge is -2.05. The molecular formula is C11H10FN3O2S. The van der Waals surface area contributed by atoms with Gasteiger partial charge in [-0.2, -0.15) is 0 Å². The van der Waals surface area contributed by atoms with Crippen LogP contribution in [-0.2, 0) is 7.05 Å². The number of aryl methyl sites for hydroxylation is 1. The van der Waals surface area contributed by atoms with Crippen molar-refractivity contribution in [2.75, 3.05) is 0 Å². The topological polar surface area (TPSA) is 68.0 Å². The Kier molecular flexibility index (Phi) is 3.33. The number of nitrogens with zero attached hydrogens (tertiary/aromatic N) is 3. The lowest BCUT2D eigenvalue weighted by atomic mass is 10.2. The van der Waals surface area contributed by atoms with E-state index in [0.717, 1.165) is 23.7 Å². The fraction of sp³-hybridized carbons (Fsp3) is 0.182. The normalized spacial score (nSPS) is 10.6. The molecule has 0 fully saturated rings. The standard InChI is InChI=1S/C11H10FN3O2S/c1-6-13-14-11(15(6)2)18-9-4-3-7(12)5-8(9)10(16)17/h3-5H,1-2H3,(H,16,17). The molecule has 1 heterocycles. The van der Waals surface area contributed by atoms with Crippen molar-refractivity contribution in [1.82, 2.24) is 14.8 Å². The van der Waals surface area contributed by atoms with Crippen molar-refractivity contribution in [3.05, 3.63) is 35.4 Å². The summed E-state index contributed by atoms with van der Waals surface area (Å²) in [6, 6.07) is 3.64. The van der Waals surface area contributed by atoms with E-state index in [1.165, 1.54) is 12.1 Å². The van der Waals surface area contributed by atoms with Gasteiger partial charge in [0, 0.05) is 11.9 Å². The average Bonchev–Trinajstić information content (AvgIpc) is 2.63. The zero-order valence-electron chi connectivity index (χ0n) is 9.72. The minimum absolute atomic E-state index is 0.0827. The molecule has 5 nitrogen and oxygen atoms in total. The number of hydrogen-bond donors (Lipinski definition) is 1. The van der Waals surface area contributed by atoms with Gasteiger partial charge in [-0.3, -0.25) is 0 Å². The molecule has 0 aliphatic carbocycles. The van der Waals surface area contributed by atoms with Crippen LogP contribution in [0, 0.1) is 12.7 Å². The van der Waals surface area contributed by atoms with Crippen LogP contribution in [0.25, 0.3) is 0 Å². The fourth-order valence-electron chi connectivity index (χ4n) is 1.33. The molecule has 0 atom stereocenters. The first-order valence-corrected chi connectivity index (χ1v) is 5.87. The molecule has 0 saturated carbocycles. The first kappa shape index (κ1) is 12.6. The lowest BCUT2D eigenvalue weighted by molar-refractivity contribution is 0.0692. The maximum atomic E-state index is 13.0. The van der Waals surface area contributed by atoms with E-state index >= 15 is 0 Å². The number of aromatic nitrogens is 3. The molecule has 18 heavy (non-hydrogen) atoms. The lowest BCUT2D eigenvalue weighted by Crippen LogP contribution is -2.01. The van der Waals surface area contributed by atoms with Gasteiger partial charge in [-0.15, -0.1) is 10.2 Å². The fourth-order valence-corrected chi connectivity index (χ4v) is 2.27. The van der Waals surface area contributed by atoms with Crippen molar-refractivity contribution in [2.45, 2.75) is 17.0 Å². The van der Waals surface area contributed by atoms with Gasteiger partial charge in [-0.1, -0.05) is 0 Å². The Morgan fingerprint density at radius 1 is 1.44 bits per heavy atom. The molecule has 0 radical (unpaired) electrons. The van der Waals surface area contributed by atoms with E-state index in [0.29, 0.717) is 10.1 Å². The van der Waals surface area contributed by atoms with Gasteiger partial charge >= 0.3 is 5.97 Å². The molecule has 2 aromatic rings. The van der Waals surface area contributed by atoms with Gasteiger partial charge in [0.1, 0.15) is 11.6 Å². The van der Waals surface area contributed by atoms with Crippen LogP contribution < -0.4 is 0 Å². The van der Waals surface area contributed by atoms with E-state index in [1.807, 2.05) is 0 Å². The quantitative estimate of drug-likeness (QED) is 0.922. The van der Waals surface area contributed by atoms with Crippen LogP contribution in [0.3, 0.4) is 0 Å². The monoisotopic (exact) mass is 267 g/mol. The first-order chi connectivity index (χ1) is 8.49. The van der Waals surface area contributed by atoms with Crippen molar-refractivity contribution in [2.24, 2.45) is 7.05 Å². The van der Waals surface area contributed by atoms with Gasteiger partial charge in [0.05, 0.1) is 5.56 Å². The summed E-state index contributed by atoms with van der Waals surface area (Å²) < 4.78 is 14.8. The number of aromatic carboxylic acids is 1. The van der Waals surface area contributed by atoms with E-state index in [9.17, 15) is 9.18 Å².